The van der Waals surface area contributed by atoms with E-state index in [0.29, 0.717) is 57.7 Å². The highest BCUT2D eigenvalue weighted by atomic mass is 16.6. The predicted molar refractivity (Wildman–Crippen MR) is 174 cm³/mol. The molecule has 2 heterocycles. The van der Waals surface area contributed by atoms with Crippen LogP contribution in [0.5, 0.6) is 0 Å². The maximum Gasteiger partial charge on any atom is 0.247 e. The molecule has 0 saturated carbocycles. The van der Waals surface area contributed by atoms with E-state index in [0.717, 1.165) is 5.56 Å². The summed E-state index contributed by atoms with van der Waals surface area (Å²) in [5.74, 6) is -1.99. The van der Waals surface area contributed by atoms with Crippen molar-refractivity contribution in [2.75, 3.05) is 46.0 Å². The molecule has 4 atom stereocenters. The van der Waals surface area contributed by atoms with E-state index in [2.05, 4.69) is 27.8 Å². The van der Waals surface area contributed by atoms with Gasteiger partial charge < -0.3 is 30.7 Å². The first-order chi connectivity index (χ1) is 21.8. The molecule has 0 aromatic heterocycles. The van der Waals surface area contributed by atoms with Crippen molar-refractivity contribution in [3.05, 3.63) is 48.0 Å². The summed E-state index contributed by atoms with van der Waals surface area (Å²) in [5, 5.41) is 11.0. The lowest BCUT2D eigenvalue weighted by Crippen LogP contribution is -2.57. The van der Waals surface area contributed by atoms with Crippen LogP contribution in [0.15, 0.2) is 42.5 Å². The lowest BCUT2D eigenvalue weighted by Gasteiger charge is -2.28. The van der Waals surface area contributed by atoms with Crippen molar-refractivity contribution in [3.63, 3.8) is 0 Å². The summed E-state index contributed by atoms with van der Waals surface area (Å²) in [6.45, 7) is 15.9. The Kier molecular flexibility index (Phi) is 13.9. The van der Waals surface area contributed by atoms with Crippen molar-refractivity contribution in [2.24, 2.45) is 11.8 Å². The van der Waals surface area contributed by atoms with E-state index in [1.54, 1.807) is 6.92 Å². The number of epoxide rings is 1. The molecule has 0 bridgehead atoms. The third kappa shape index (κ3) is 12.0. The minimum absolute atomic E-state index is 0.0269. The Balaban J connectivity index is 1.66. The van der Waals surface area contributed by atoms with Crippen molar-refractivity contribution in [1.29, 1.82) is 0 Å². The van der Waals surface area contributed by atoms with Crippen molar-refractivity contribution < 1.29 is 33.4 Å². The van der Waals surface area contributed by atoms with Crippen LogP contribution < -0.4 is 21.3 Å². The minimum atomic E-state index is -1.09. The third-order valence-electron chi connectivity index (χ3n) is 7.94. The molecule has 1 aromatic rings. The fourth-order valence-electron chi connectivity index (χ4n) is 5.30. The van der Waals surface area contributed by atoms with Crippen LogP contribution in [-0.2, 0) is 39.9 Å². The highest BCUT2D eigenvalue weighted by Gasteiger charge is 2.50. The second-order valence-electron chi connectivity index (χ2n) is 13.3. The van der Waals surface area contributed by atoms with Gasteiger partial charge >= 0.3 is 0 Å². The molecule has 254 valence electrons. The SMILES string of the molecule is C=C(Cc1ccccc1)[C@H](NC(=O)CN1CCOCC1)C(=O)N[C@@H](CC(C)C)C(=O)NCC(=O)N[C@@H](CC(C)C)C(=O)[C@@]1(C)CO1. The number of morpholine rings is 1. The highest BCUT2D eigenvalue weighted by Crippen LogP contribution is 2.29. The number of carbonyl (C=O) groups is 5. The monoisotopic (exact) mass is 641 g/mol. The molecule has 2 fully saturated rings. The average molecular weight is 642 g/mol. The Morgan fingerprint density at radius 2 is 1.48 bits per heavy atom. The molecule has 2 aliphatic heterocycles. The van der Waals surface area contributed by atoms with Gasteiger partial charge in [0, 0.05) is 13.1 Å². The molecule has 0 unspecified atom stereocenters. The molecule has 0 aliphatic carbocycles. The van der Waals surface area contributed by atoms with Crippen molar-refractivity contribution >= 4 is 29.4 Å². The second-order valence-corrected chi connectivity index (χ2v) is 13.3. The van der Waals surface area contributed by atoms with E-state index in [4.69, 9.17) is 9.47 Å². The van der Waals surface area contributed by atoms with Gasteiger partial charge in [-0.3, -0.25) is 28.9 Å². The first-order valence-corrected chi connectivity index (χ1v) is 16.1. The number of carbonyl (C=O) groups excluding carboxylic acids is 5. The van der Waals surface area contributed by atoms with Gasteiger partial charge in [0.15, 0.2) is 5.78 Å². The zero-order valence-electron chi connectivity index (χ0n) is 27.9. The van der Waals surface area contributed by atoms with E-state index >= 15 is 0 Å². The number of nitrogens with one attached hydrogen (secondary N) is 4. The van der Waals surface area contributed by atoms with Gasteiger partial charge in [0.2, 0.25) is 23.6 Å². The van der Waals surface area contributed by atoms with Gasteiger partial charge in [-0.15, -0.1) is 0 Å². The first kappa shape index (κ1) is 36.9. The van der Waals surface area contributed by atoms with Crippen LogP contribution in [0.1, 0.15) is 53.0 Å². The maximum absolute atomic E-state index is 13.7. The molecule has 46 heavy (non-hydrogen) atoms. The van der Waals surface area contributed by atoms with Crippen LogP contribution >= 0.6 is 0 Å². The summed E-state index contributed by atoms with van der Waals surface area (Å²) in [4.78, 5) is 67.8. The minimum Gasteiger partial charge on any atom is -0.379 e. The Hall–Kier alpha value is -3.61. The zero-order chi connectivity index (χ0) is 33.9. The number of ketones is 1. The fourth-order valence-corrected chi connectivity index (χ4v) is 5.30. The van der Waals surface area contributed by atoms with Crippen LogP contribution in [0.4, 0.5) is 0 Å². The van der Waals surface area contributed by atoms with Crippen LogP contribution in [0.3, 0.4) is 0 Å². The highest BCUT2D eigenvalue weighted by molar-refractivity contribution is 5.98. The lowest BCUT2D eigenvalue weighted by atomic mass is 9.93. The summed E-state index contributed by atoms with van der Waals surface area (Å²) >= 11 is 0. The van der Waals surface area contributed by atoms with E-state index in [-0.39, 0.29) is 36.6 Å². The van der Waals surface area contributed by atoms with Crippen molar-refractivity contribution in [1.82, 2.24) is 26.2 Å². The van der Waals surface area contributed by atoms with Crippen LogP contribution in [0, 0.1) is 11.8 Å². The van der Waals surface area contributed by atoms with Crippen LogP contribution in [0.2, 0.25) is 0 Å². The smallest absolute Gasteiger partial charge is 0.247 e. The largest absolute Gasteiger partial charge is 0.379 e. The molecule has 4 N–H and O–H groups in total. The van der Waals surface area contributed by atoms with Crippen molar-refractivity contribution in [2.45, 2.75) is 77.6 Å². The van der Waals surface area contributed by atoms with Gasteiger partial charge in [-0.2, -0.15) is 0 Å². The number of benzene rings is 1. The Morgan fingerprint density at radius 3 is 2.07 bits per heavy atom. The van der Waals surface area contributed by atoms with Crippen molar-refractivity contribution in [3.8, 4) is 0 Å². The molecular formula is C34H51N5O7. The molecule has 4 amide bonds. The van der Waals surface area contributed by atoms with Gasteiger partial charge in [0.05, 0.1) is 39.0 Å². The maximum atomic E-state index is 13.7. The number of amides is 4. The van der Waals surface area contributed by atoms with Gasteiger partial charge in [-0.25, -0.2) is 0 Å². The van der Waals surface area contributed by atoms with Crippen LogP contribution in [-0.4, -0.2) is 104 Å². The molecule has 12 heteroatoms. The standard InChI is InChI=1S/C34H51N5O7/c1-22(2)16-26(31(42)34(6)21-46-34)36-28(40)19-35-32(43)27(17-23(3)4)37-33(44)30(24(5)18-25-10-8-7-9-11-25)38-29(41)20-39-12-14-45-15-13-39/h7-11,22-23,26-27,30H,5,12-21H2,1-4,6H3,(H,35,43)(H,36,40)(H,37,44)(H,38,41)/t26-,27-,30-,34+/m0/s1. The molecule has 1 aromatic carbocycles. The molecule has 0 radical (unpaired) electrons. The molecule has 2 saturated heterocycles. The Bertz CT molecular complexity index is 1230. The Labute approximate surface area is 272 Å². The van der Waals surface area contributed by atoms with Crippen LogP contribution in [0.25, 0.3) is 0 Å². The summed E-state index contributed by atoms with van der Waals surface area (Å²) in [6, 6.07) is 6.67. The average Bonchev–Trinajstić information content (AvgIpc) is 3.76. The summed E-state index contributed by atoms with van der Waals surface area (Å²) < 4.78 is 10.6. The summed E-state index contributed by atoms with van der Waals surface area (Å²) in [7, 11) is 0. The van der Waals surface area contributed by atoms with E-state index < -0.39 is 41.4 Å². The molecule has 0 spiro atoms. The number of hydrogen-bond donors (Lipinski definition) is 4. The molecule has 2 aliphatic rings. The molecule has 12 nitrogen and oxygen atoms in total. The number of ether oxygens (including phenoxy) is 2. The molecular weight excluding hydrogens is 590 g/mol. The van der Waals surface area contributed by atoms with E-state index in [1.165, 1.54) is 0 Å². The quantitative estimate of drug-likeness (QED) is 0.137. The number of nitrogens with zero attached hydrogens (tertiary/aromatic N) is 1. The number of Topliss-reactive ketones (excluding diaryl/α,β-unsaturated/α-hetero) is 1. The third-order valence-corrected chi connectivity index (χ3v) is 7.94. The second kappa shape index (κ2) is 17.3. The number of hydrogen-bond acceptors (Lipinski definition) is 8. The normalized spacial score (nSPS) is 19.9. The van der Waals surface area contributed by atoms with E-state index in [1.807, 2.05) is 62.9 Å². The van der Waals surface area contributed by atoms with Gasteiger partial charge in [-0.05, 0) is 49.2 Å². The number of rotatable bonds is 18. The van der Waals surface area contributed by atoms with Gasteiger partial charge in [0.1, 0.15) is 17.7 Å². The fraction of sp³-hybridized carbons (Fsp3) is 0.618. The lowest BCUT2D eigenvalue weighted by molar-refractivity contribution is -0.133. The first-order valence-electron chi connectivity index (χ1n) is 16.1. The van der Waals surface area contributed by atoms with E-state index in [9.17, 15) is 24.0 Å². The molecule has 3 rings (SSSR count). The summed E-state index contributed by atoms with van der Waals surface area (Å²) in [5.41, 5.74) is 0.504. The predicted octanol–water partition coefficient (Wildman–Crippen LogP) is 1.14. The summed E-state index contributed by atoms with van der Waals surface area (Å²) in [6.07, 6.45) is 1.08. The van der Waals surface area contributed by atoms with Gasteiger partial charge in [0.25, 0.3) is 0 Å². The topological polar surface area (TPSA) is 158 Å². The Morgan fingerprint density at radius 1 is 0.870 bits per heavy atom. The van der Waals surface area contributed by atoms with Gasteiger partial charge in [-0.1, -0.05) is 64.6 Å². The zero-order valence-corrected chi connectivity index (χ0v) is 27.9.